The molecule has 1 fully saturated rings. The van der Waals surface area contributed by atoms with E-state index in [0.29, 0.717) is 28.4 Å². The number of hydrogen-bond donors (Lipinski definition) is 3. The highest BCUT2D eigenvalue weighted by molar-refractivity contribution is 9.10. The number of anilines is 1. The zero-order valence-corrected chi connectivity index (χ0v) is 17.4. The average Bonchev–Trinajstić information content (AvgIpc) is 3.41. The van der Waals surface area contributed by atoms with Crippen LogP contribution in [0.25, 0.3) is 11.5 Å². The molecule has 0 bridgehead atoms. The summed E-state index contributed by atoms with van der Waals surface area (Å²) in [6.45, 7) is 4.09. The van der Waals surface area contributed by atoms with Crippen molar-refractivity contribution in [1.82, 2.24) is 20.4 Å². The van der Waals surface area contributed by atoms with Crippen molar-refractivity contribution >= 4 is 33.6 Å². The Labute approximate surface area is 174 Å². The van der Waals surface area contributed by atoms with Crippen molar-refractivity contribution in [2.24, 2.45) is 5.92 Å². The van der Waals surface area contributed by atoms with Gasteiger partial charge in [-0.1, -0.05) is 13.8 Å². The Morgan fingerprint density at radius 2 is 2.21 bits per heavy atom. The minimum absolute atomic E-state index is 0.0189. The van der Waals surface area contributed by atoms with Gasteiger partial charge in [0.2, 0.25) is 5.91 Å². The molecular formula is C19H20BrN5O4. The fourth-order valence-corrected chi connectivity index (χ4v) is 3.42. The van der Waals surface area contributed by atoms with E-state index in [9.17, 15) is 9.59 Å². The van der Waals surface area contributed by atoms with Gasteiger partial charge in [-0.05, 0) is 46.1 Å². The Hall–Kier alpha value is -2.85. The molecule has 0 aromatic carbocycles. The van der Waals surface area contributed by atoms with Gasteiger partial charge in [0.05, 0.1) is 6.26 Å². The van der Waals surface area contributed by atoms with Crippen LogP contribution < -0.4 is 16.0 Å². The molecule has 0 radical (unpaired) electrons. The van der Waals surface area contributed by atoms with E-state index in [1.807, 2.05) is 13.8 Å². The Morgan fingerprint density at radius 1 is 1.38 bits per heavy atom. The highest BCUT2D eigenvalue weighted by atomic mass is 79.9. The molecule has 2 unspecified atom stereocenters. The molecule has 3 aromatic rings. The Balaban J connectivity index is 1.67. The molecule has 0 saturated carbocycles. The number of furan rings is 2. The van der Waals surface area contributed by atoms with Crippen molar-refractivity contribution in [2.75, 3.05) is 5.32 Å². The summed E-state index contributed by atoms with van der Waals surface area (Å²) in [5.41, 5.74) is 0.522. The van der Waals surface area contributed by atoms with Crippen molar-refractivity contribution in [2.45, 2.75) is 32.6 Å². The van der Waals surface area contributed by atoms with Crippen molar-refractivity contribution in [1.29, 1.82) is 0 Å². The molecule has 3 aromatic heterocycles. The van der Waals surface area contributed by atoms with Gasteiger partial charge in [0.15, 0.2) is 22.5 Å². The fraction of sp³-hybridized carbons (Fsp3) is 0.316. The van der Waals surface area contributed by atoms with Gasteiger partial charge in [0.1, 0.15) is 11.5 Å². The number of rotatable bonds is 5. The summed E-state index contributed by atoms with van der Waals surface area (Å²) in [5, 5.41) is 13.6. The lowest BCUT2D eigenvalue weighted by molar-refractivity contribution is -0.126. The Bertz CT molecular complexity index is 1020. The summed E-state index contributed by atoms with van der Waals surface area (Å²) < 4.78 is 12.7. The first-order valence-corrected chi connectivity index (χ1v) is 9.95. The van der Waals surface area contributed by atoms with Crippen LogP contribution in [0.1, 0.15) is 37.1 Å². The van der Waals surface area contributed by atoms with Gasteiger partial charge in [-0.2, -0.15) is 5.10 Å². The Morgan fingerprint density at radius 3 is 2.86 bits per heavy atom. The first-order valence-electron chi connectivity index (χ1n) is 9.16. The Kier molecular flexibility index (Phi) is 5.29. The summed E-state index contributed by atoms with van der Waals surface area (Å²) >= 11 is 3.19. The van der Waals surface area contributed by atoms with Crippen LogP contribution in [0.15, 0.2) is 50.1 Å². The summed E-state index contributed by atoms with van der Waals surface area (Å²) in [6, 6.07) is 8.38. The van der Waals surface area contributed by atoms with E-state index < -0.39 is 12.2 Å². The van der Waals surface area contributed by atoms with E-state index in [2.05, 4.69) is 37.0 Å². The highest BCUT2D eigenvalue weighted by Crippen LogP contribution is 2.26. The maximum absolute atomic E-state index is 12.6. The molecule has 0 aliphatic carbocycles. The van der Waals surface area contributed by atoms with Crippen LogP contribution in [0.2, 0.25) is 0 Å². The van der Waals surface area contributed by atoms with Crippen LogP contribution in [-0.4, -0.2) is 27.6 Å². The smallest absolute Gasteiger partial charge is 0.292 e. The van der Waals surface area contributed by atoms with Crippen molar-refractivity contribution < 1.29 is 18.4 Å². The standard InChI is InChI=1S/C19H20BrN5O4/c1-10(2)11-9-17(26)23-19(21-11)25-16(8-12(24-25)13-4-3-7-28-13)22-18(27)14-5-6-15(20)29-14/h3-8,10-11,19,21H,9H2,1-2H3,(H,22,27)(H,23,26). The molecule has 3 N–H and O–H groups in total. The number of carbonyl (C=O) groups excluding carboxylic acids is 2. The van der Waals surface area contributed by atoms with Crippen LogP contribution in [0, 0.1) is 5.92 Å². The maximum Gasteiger partial charge on any atom is 0.292 e. The minimum Gasteiger partial charge on any atom is -0.463 e. The van der Waals surface area contributed by atoms with Crippen molar-refractivity contribution in [3.05, 3.63) is 47.0 Å². The highest BCUT2D eigenvalue weighted by Gasteiger charge is 2.31. The van der Waals surface area contributed by atoms with Crippen LogP contribution in [0.3, 0.4) is 0 Å². The fourth-order valence-electron chi connectivity index (χ4n) is 3.12. The molecule has 1 aliphatic rings. The van der Waals surface area contributed by atoms with Gasteiger partial charge in [-0.3, -0.25) is 14.9 Å². The van der Waals surface area contributed by atoms with Crippen LogP contribution in [0.5, 0.6) is 0 Å². The maximum atomic E-state index is 12.6. The molecule has 4 heterocycles. The molecule has 2 atom stereocenters. The van der Waals surface area contributed by atoms with Gasteiger partial charge in [-0.25, -0.2) is 4.68 Å². The number of halogens is 1. The summed E-state index contributed by atoms with van der Waals surface area (Å²) in [5.74, 6) is 0.797. The van der Waals surface area contributed by atoms with Crippen molar-refractivity contribution in [3.8, 4) is 11.5 Å². The third-order valence-electron chi connectivity index (χ3n) is 4.67. The lowest BCUT2D eigenvalue weighted by atomic mass is 9.99. The number of carbonyl (C=O) groups is 2. The zero-order valence-electron chi connectivity index (χ0n) is 15.8. The van der Waals surface area contributed by atoms with Crippen molar-refractivity contribution in [3.63, 3.8) is 0 Å². The molecule has 152 valence electrons. The third kappa shape index (κ3) is 4.13. The van der Waals surface area contributed by atoms with Gasteiger partial charge in [0, 0.05) is 18.5 Å². The largest absolute Gasteiger partial charge is 0.463 e. The first-order chi connectivity index (χ1) is 13.9. The quantitative estimate of drug-likeness (QED) is 0.536. The van der Waals surface area contributed by atoms with E-state index in [-0.39, 0.29) is 23.6 Å². The van der Waals surface area contributed by atoms with Gasteiger partial charge >= 0.3 is 0 Å². The summed E-state index contributed by atoms with van der Waals surface area (Å²) in [7, 11) is 0. The molecule has 10 heteroatoms. The predicted molar refractivity (Wildman–Crippen MR) is 108 cm³/mol. The average molecular weight is 462 g/mol. The number of nitrogens with zero attached hydrogens (tertiary/aromatic N) is 2. The minimum atomic E-state index is -0.619. The number of amides is 2. The van der Waals surface area contributed by atoms with E-state index >= 15 is 0 Å². The molecule has 1 aliphatic heterocycles. The monoisotopic (exact) mass is 461 g/mol. The van der Waals surface area contributed by atoms with E-state index in [1.54, 1.807) is 36.6 Å². The molecule has 29 heavy (non-hydrogen) atoms. The van der Waals surface area contributed by atoms with Crippen LogP contribution in [0.4, 0.5) is 5.82 Å². The van der Waals surface area contributed by atoms with E-state index in [0.717, 1.165) is 0 Å². The SMILES string of the molecule is CC(C)C1CC(=O)NC(n2nc(-c3ccco3)cc2NC(=O)c2ccc(Br)o2)N1. The molecule has 9 nitrogen and oxygen atoms in total. The van der Waals surface area contributed by atoms with E-state index in [1.165, 1.54) is 4.68 Å². The zero-order chi connectivity index (χ0) is 20.5. The molecule has 2 amide bonds. The molecular weight excluding hydrogens is 442 g/mol. The van der Waals surface area contributed by atoms with Gasteiger partial charge in [0.25, 0.3) is 5.91 Å². The lowest BCUT2D eigenvalue weighted by Gasteiger charge is -2.34. The third-order valence-corrected chi connectivity index (χ3v) is 5.10. The second-order valence-corrected chi connectivity index (χ2v) is 7.87. The molecule has 4 rings (SSSR count). The molecule has 1 saturated heterocycles. The topological polar surface area (TPSA) is 114 Å². The predicted octanol–water partition coefficient (Wildman–Crippen LogP) is 3.34. The van der Waals surface area contributed by atoms with Crippen LogP contribution in [-0.2, 0) is 4.79 Å². The number of hydrogen-bond acceptors (Lipinski definition) is 6. The van der Waals surface area contributed by atoms with Crippen LogP contribution >= 0.6 is 15.9 Å². The second-order valence-electron chi connectivity index (χ2n) is 7.09. The summed E-state index contributed by atoms with van der Waals surface area (Å²) in [4.78, 5) is 24.8. The second kappa shape index (κ2) is 7.88. The first kappa shape index (κ1) is 19.5. The normalized spacial score (nSPS) is 19.4. The van der Waals surface area contributed by atoms with Gasteiger partial charge < -0.3 is 19.5 Å². The summed E-state index contributed by atoms with van der Waals surface area (Å²) in [6.07, 6.45) is 1.30. The number of nitrogens with one attached hydrogen (secondary N) is 3. The van der Waals surface area contributed by atoms with E-state index in [4.69, 9.17) is 8.83 Å². The lowest BCUT2D eigenvalue weighted by Crippen LogP contribution is -2.55. The molecule has 0 spiro atoms. The van der Waals surface area contributed by atoms with Gasteiger partial charge in [-0.15, -0.1) is 0 Å². The number of aromatic nitrogens is 2.